The molecule has 0 saturated heterocycles. The Hall–Kier alpha value is -1.06. The van der Waals surface area contributed by atoms with Crippen LogP contribution in [-0.4, -0.2) is 22.9 Å². The predicted octanol–water partition coefficient (Wildman–Crippen LogP) is 3.34. The molecular formula is C17H27ClN2O. The van der Waals surface area contributed by atoms with E-state index in [1.54, 1.807) is 0 Å². The molecule has 1 atom stereocenters. The second kappa shape index (κ2) is 7.81. The van der Waals surface area contributed by atoms with Crippen molar-refractivity contribution in [3.8, 4) is 0 Å². The van der Waals surface area contributed by atoms with Gasteiger partial charge in [0.15, 0.2) is 0 Å². The average Bonchev–Trinajstić information content (AvgIpc) is 3.21. The third-order valence-corrected chi connectivity index (χ3v) is 4.05. The first-order valence-electron chi connectivity index (χ1n) is 7.58. The Labute approximate surface area is 134 Å². The number of hydrogen-bond acceptors (Lipinski definition) is 2. The molecule has 0 aromatic heterocycles. The number of carbonyl (C=O) groups excluding carboxylic acids is 1. The monoisotopic (exact) mass is 310 g/mol. The van der Waals surface area contributed by atoms with Crippen molar-refractivity contribution in [2.75, 3.05) is 0 Å². The Bertz CT molecular complexity index is 484. The molecule has 0 spiro atoms. The first kappa shape index (κ1) is 18.0. The van der Waals surface area contributed by atoms with Crippen molar-refractivity contribution in [2.24, 2.45) is 5.73 Å². The van der Waals surface area contributed by atoms with Crippen molar-refractivity contribution < 1.29 is 4.79 Å². The van der Waals surface area contributed by atoms with E-state index in [0.717, 1.165) is 25.8 Å². The van der Waals surface area contributed by atoms with Gasteiger partial charge < -0.3 is 10.6 Å². The summed E-state index contributed by atoms with van der Waals surface area (Å²) in [6.07, 6.45) is 3.64. The van der Waals surface area contributed by atoms with Gasteiger partial charge in [-0.1, -0.05) is 18.2 Å². The zero-order chi connectivity index (χ0) is 14.7. The maximum absolute atomic E-state index is 12.4. The van der Waals surface area contributed by atoms with Gasteiger partial charge in [0.05, 0.1) is 0 Å². The van der Waals surface area contributed by atoms with Crippen molar-refractivity contribution in [1.29, 1.82) is 0 Å². The molecule has 1 saturated carbocycles. The zero-order valence-electron chi connectivity index (χ0n) is 13.3. The van der Waals surface area contributed by atoms with Crippen molar-refractivity contribution in [3.63, 3.8) is 0 Å². The van der Waals surface area contributed by atoms with Crippen LogP contribution in [-0.2, 0) is 11.3 Å². The SMILES string of the molecule is Cc1ccc(CN(C(=O)CCC(C)N)C2CC2)cc1C.Cl. The van der Waals surface area contributed by atoms with Gasteiger partial charge in [-0.15, -0.1) is 12.4 Å². The lowest BCUT2D eigenvalue weighted by Crippen LogP contribution is -2.33. The second-order valence-electron chi connectivity index (χ2n) is 6.19. The van der Waals surface area contributed by atoms with E-state index in [0.29, 0.717) is 12.5 Å². The van der Waals surface area contributed by atoms with Gasteiger partial charge >= 0.3 is 0 Å². The van der Waals surface area contributed by atoms with E-state index < -0.39 is 0 Å². The molecule has 1 aliphatic rings. The lowest BCUT2D eigenvalue weighted by molar-refractivity contribution is -0.132. The highest BCUT2D eigenvalue weighted by Gasteiger charge is 2.32. The number of halogens is 1. The van der Waals surface area contributed by atoms with E-state index in [-0.39, 0.29) is 24.4 Å². The fourth-order valence-electron chi connectivity index (χ4n) is 2.40. The van der Waals surface area contributed by atoms with Crippen molar-refractivity contribution >= 4 is 18.3 Å². The van der Waals surface area contributed by atoms with E-state index in [2.05, 4.69) is 32.0 Å². The van der Waals surface area contributed by atoms with Crippen LogP contribution in [0, 0.1) is 13.8 Å². The first-order chi connectivity index (χ1) is 9.47. The number of amides is 1. The summed E-state index contributed by atoms with van der Waals surface area (Å²) in [4.78, 5) is 14.4. The summed E-state index contributed by atoms with van der Waals surface area (Å²) in [6, 6.07) is 7.03. The Balaban J connectivity index is 0.00000220. The average molecular weight is 311 g/mol. The van der Waals surface area contributed by atoms with Crippen LogP contribution in [0.2, 0.25) is 0 Å². The Morgan fingerprint density at radius 1 is 1.33 bits per heavy atom. The van der Waals surface area contributed by atoms with E-state index in [1.165, 1.54) is 16.7 Å². The van der Waals surface area contributed by atoms with Gasteiger partial charge in [0.1, 0.15) is 0 Å². The van der Waals surface area contributed by atoms with Crippen LogP contribution in [0.25, 0.3) is 0 Å². The van der Waals surface area contributed by atoms with Crippen LogP contribution in [0.5, 0.6) is 0 Å². The highest BCUT2D eigenvalue weighted by atomic mass is 35.5. The Morgan fingerprint density at radius 3 is 2.52 bits per heavy atom. The van der Waals surface area contributed by atoms with Gasteiger partial charge in [-0.2, -0.15) is 0 Å². The Kier molecular flexibility index (Phi) is 6.69. The molecule has 1 aliphatic carbocycles. The van der Waals surface area contributed by atoms with Gasteiger partial charge in [0.25, 0.3) is 0 Å². The molecule has 21 heavy (non-hydrogen) atoms. The molecule has 0 heterocycles. The Morgan fingerprint density at radius 2 is 2.00 bits per heavy atom. The topological polar surface area (TPSA) is 46.3 Å². The fraction of sp³-hybridized carbons (Fsp3) is 0.588. The fourth-order valence-corrected chi connectivity index (χ4v) is 2.40. The molecular weight excluding hydrogens is 284 g/mol. The summed E-state index contributed by atoms with van der Waals surface area (Å²) in [5.74, 6) is 0.253. The molecule has 1 amide bonds. The highest BCUT2D eigenvalue weighted by molar-refractivity contribution is 5.85. The van der Waals surface area contributed by atoms with Crippen LogP contribution in [0.4, 0.5) is 0 Å². The maximum atomic E-state index is 12.4. The van der Waals surface area contributed by atoms with Crippen LogP contribution in [0.15, 0.2) is 18.2 Å². The van der Waals surface area contributed by atoms with E-state index >= 15 is 0 Å². The van der Waals surface area contributed by atoms with Crippen molar-refractivity contribution in [2.45, 2.75) is 65.1 Å². The molecule has 2 rings (SSSR count). The van der Waals surface area contributed by atoms with Crippen LogP contribution in [0.1, 0.15) is 49.3 Å². The summed E-state index contributed by atoms with van der Waals surface area (Å²) in [5, 5.41) is 0. The number of hydrogen-bond donors (Lipinski definition) is 1. The molecule has 1 aromatic rings. The van der Waals surface area contributed by atoms with Crippen LogP contribution in [0.3, 0.4) is 0 Å². The minimum Gasteiger partial charge on any atom is -0.335 e. The van der Waals surface area contributed by atoms with E-state index in [4.69, 9.17) is 5.73 Å². The number of carbonyl (C=O) groups is 1. The lowest BCUT2D eigenvalue weighted by Gasteiger charge is -2.23. The van der Waals surface area contributed by atoms with Gasteiger partial charge in [-0.05, 0) is 56.7 Å². The van der Waals surface area contributed by atoms with Gasteiger partial charge in [-0.3, -0.25) is 4.79 Å². The molecule has 0 radical (unpaired) electrons. The molecule has 1 fully saturated rings. The van der Waals surface area contributed by atoms with E-state index in [9.17, 15) is 4.79 Å². The molecule has 0 aliphatic heterocycles. The summed E-state index contributed by atoms with van der Waals surface area (Å²) in [5.41, 5.74) is 9.58. The van der Waals surface area contributed by atoms with Gasteiger partial charge in [0, 0.05) is 25.0 Å². The van der Waals surface area contributed by atoms with Gasteiger partial charge in [-0.25, -0.2) is 0 Å². The minimum atomic E-state index is 0. The van der Waals surface area contributed by atoms with Crippen LogP contribution >= 0.6 is 12.4 Å². The van der Waals surface area contributed by atoms with Crippen molar-refractivity contribution in [3.05, 3.63) is 34.9 Å². The zero-order valence-corrected chi connectivity index (χ0v) is 14.1. The molecule has 1 aromatic carbocycles. The summed E-state index contributed by atoms with van der Waals surface area (Å²) < 4.78 is 0. The minimum absolute atomic E-state index is 0. The molecule has 2 N–H and O–H groups in total. The lowest BCUT2D eigenvalue weighted by atomic mass is 10.1. The predicted molar refractivity (Wildman–Crippen MR) is 89.6 cm³/mol. The number of nitrogens with zero attached hydrogens (tertiary/aromatic N) is 1. The molecule has 118 valence electrons. The maximum Gasteiger partial charge on any atom is 0.223 e. The van der Waals surface area contributed by atoms with Gasteiger partial charge in [0.2, 0.25) is 5.91 Å². The normalized spacial score (nSPS) is 15.2. The quantitative estimate of drug-likeness (QED) is 0.876. The van der Waals surface area contributed by atoms with E-state index in [1.807, 2.05) is 11.8 Å². The summed E-state index contributed by atoms with van der Waals surface area (Å²) in [6.45, 7) is 6.94. The molecule has 4 heteroatoms. The number of aryl methyl sites for hydroxylation is 2. The number of benzene rings is 1. The van der Waals surface area contributed by atoms with Crippen LogP contribution < -0.4 is 5.73 Å². The summed E-state index contributed by atoms with van der Waals surface area (Å²) >= 11 is 0. The summed E-state index contributed by atoms with van der Waals surface area (Å²) in [7, 11) is 0. The largest absolute Gasteiger partial charge is 0.335 e. The standard InChI is InChI=1S/C17H26N2O.ClH/c1-12-4-6-15(10-13(12)2)11-19(16-7-8-16)17(20)9-5-14(3)18;/h4,6,10,14,16H,5,7-9,11,18H2,1-3H3;1H. The third-order valence-electron chi connectivity index (χ3n) is 4.05. The molecule has 1 unspecified atom stereocenters. The van der Waals surface area contributed by atoms with Crippen molar-refractivity contribution in [1.82, 2.24) is 4.90 Å². The third kappa shape index (κ3) is 5.33. The smallest absolute Gasteiger partial charge is 0.223 e. The second-order valence-corrected chi connectivity index (χ2v) is 6.19. The highest BCUT2D eigenvalue weighted by Crippen LogP contribution is 2.29. The molecule has 0 bridgehead atoms. The first-order valence-corrected chi connectivity index (χ1v) is 7.58. The molecule has 3 nitrogen and oxygen atoms in total. The number of nitrogens with two attached hydrogens (primary N) is 1. The number of rotatable bonds is 6.